The molecule has 0 N–H and O–H groups in total. The summed E-state index contributed by atoms with van der Waals surface area (Å²) in [6.07, 6.45) is 10.8. The van der Waals surface area contributed by atoms with E-state index in [2.05, 4.69) is 167 Å². The van der Waals surface area contributed by atoms with Crippen molar-refractivity contribution in [1.29, 1.82) is 0 Å². The molecule has 10 rings (SSSR count). The largest absolute Gasteiger partial charge is 0.323 e. The van der Waals surface area contributed by atoms with Gasteiger partial charge < -0.3 is 4.57 Å². The number of hydrogen-bond donors (Lipinski definition) is 0. The molecular weight excluding hydrogens is 617 g/mol. The second-order valence-electron chi connectivity index (χ2n) is 12.3. The fraction of sp³-hybridized carbons (Fsp3) is 0. The van der Waals surface area contributed by atoms with Crippen molar-refractivity contribution in [2.75, 3.05) is 0 Å². The predicted octanol–water partition coefficient (Wildman–Crippen LogP) is 11.4. The minimum Gasteiger partial charge on any atom is -0.323 e. The van der Waals surface area contributed by atoms with Crippen molar-refractivity contribution >= 4 is 81.5 Å². The Kier molecular flexibility index (Phi) is 6.32. The van der Waals surface area contributed by atoms with E-state index in [0.717, 1.165) is 39.3 Å². The van der Waals surface area contributed by atoms with E-state index in [4.69, 9.17) is 9.98 Å². The van der Waals surface area contributed by atoms with Crippen LogP contribution < -0.4 is 0 Å². The van der Waals surface area contributed by atoms with Crippen molar-refractivity contribution in [3.05, 3.63) is 181 Å². The molecule has 49 heavy (non-hydrogen) atoms. The Morgan fingerprint density at radius 1 is 0.531 bits per heavy atom. The fourth-order valence-corrected chi connectivity index (χ4v) is 8.46. The fourth-order valence-electron chi connectivity index (χ4n) is 7.20. The number of fused-ring (bicyclic) bond motifs is 10. The van der Waals surface area contributed by atoms with E-state index in [-0.39, 0.29) is 0 Å². The number of nitrogens with zero attached hydrogens (tertiary/aromatic N) is 4. The second-order valence-corrected chi connectivity index (χ2v) is 13.3. The number of hydrogen-bond acceptors (Lipinski definition) is 3. The van der Waals surface area contributed by atoms with Gasteiger partial charge in [-0.2, -0.15) is 0 Å². The molecule has 1 aliphatic heterocycles. The van der Waals surface area contributed by atoms with Gasteiger partial charge in [0.2, 0.25) is 5.96 Å². The molecule has 0 amide bonds. The predicted molar refractivity (Wildman–Crippen MR) is 209 cm³/mol. The highest BCUT2D eigenvalue weighted by Gasteiger charge is 2.25. The Labute approximate surface area is 286 Å². The molecule has 6 aromatic carbocycles. The third kappa shape index (κ3) is 4.44. The second kappa shape index (κ2) is 11.2. The third-order valence-corrected chi connectivity index (χ3v) is 10.6. The molecule has 0 saturated carbocycles. The maximum absolute atomic E-state index is 5.42. The molecule has 0 aliphatic carbocycles. The van der Waals surface area contributed by atoms with Gasteiger partial charge in [0.25, 0.3) is 0 Å². The Balaban J connectivity index is 1.38. The zero-order valence-corrected chi connectivity index (χ0v) is 27.2. The summed E-state index contributed by atoms with van der Waals surface area (Å²) in [6.45, 7) is 0. The minimum atomic E-state index is 0.630. The Morgan fingerprint density at radius 2 is 1.16 bits per heavy atom. The topological polar surface area (TPSA) is 34.6 Å². The summed E-state index contributed by atoms with van der Waals surface area (Å²) in [5.74, 6) is 0.630. The summed E-state index contributed by atoms with van der Waals surface area (Å²) in [4.78, 5) is 10.8. The van der Waals surface area contributed by atoms with E-state index in [1.807, 2.05) is 23.5 Å². The zero-order chi connectivity index (χ0) is 32.3. The van der Waals surface area contributed by atoms with Gasteiger partial charge in [0.05, 0.1) is 27.1 Å². The minimum absolute atomic E-state index is 0.630. The highest BCUT2D eigenvalue weighted by molar-refractivity contribution is 7.27. The molecule has 4 nitrogen and oxygen atoms in total. The van der Waals surface area contributed by atoms with Crippen LogP contribution in [0.1, 0.15) is 11.1 Å². The summed E-state index contributed by atoms with van der Waals surface area (Å²) >= 11 is 1.85. The van der Waals surface area contributed by atoms with E-state index in [9.17, 15) is 0 Å². The maximum Gasteiger partial charge on any atom is 0.235 e. The van der Waals surface area contributed by atoms with Crippen LogP contribution in [0.3, 0.4) is 0 Å². The summed E-state index contributed by atoms with van der Waals surface area (Å²) in [5.41, 5.74) is 7.13. The van der Waals surface area contributed by atoms with Crippen LogP contribution in [0, 0.1) is 0 Å². The molecule has 230 valence electrons. The van der Waals surface area contributed by atoms with Gasteiger partial charge in [0.15, 0.2) is 0 Å². The average molecular weight is 645 g/mol. The Bertz CT molecular complexity index is 2810. The normalized spacial score (nSPS) is 17.4. The van der Waals surface area contributed by atoms with Gasteiger partial charge in [-0.3, -0.25) is 4.57 Å². The van der Waals surface area contributed by atoms with Gasteiger partial charge in [-0.1, -0.05) is 121 Å². The molecule has 0 radical (unpaired) electrons. The molecule has 4 heterocycles. The van der Waals surface area contributed by atoms with Crippen molar-refractivity contribution in [2.24, 2.45) is 9.98 Å². The first-order valence-electron chi connectivity index (χ1n) is 16.4. The number of aromatic nitrogens is 2. The summed E-state index contributed by atoms with van der Waals surface area (Å²) in [6, 6.07) is 48.8. The quantitative estimate of drug-likeness (QED) is 0.183. The van der Waals surface area contributed by atoms with Gasteiger partial charge in [-0.05, 0) is 36.4 Å². The first-order chi connectivity index (χ1) is 24.3. The highest BCUT2D eigenvalue weighted by atomic mass is 32.1. The molecule has 0 bridgehead atoms. The van der Waals surface area contributed by atoms with Gasteiger partial charge >= 0.3 is 0 Å². The Hall–Kier alpha value is -6.30. The number of para-hydroxylation sites is 2. The standard InChI is InChI=1S/C44H28N4S/c1-4-15-29(16-5-1)36-23-14-24-37(30-17-6-2-7-18-30)46-44(45-36)48-38-25-12-10-21-32(38)40-34-27-47(31-19-8-3-9-20-31)28-35(34)41-33-22-11-13-26-39(33)49-43(41)42(40)48/h1-28H/b23-14+,24-14?,36-23?,37-24+,45-36+,45-44?,46-37?,46-44+. The molecule has 0 unspecified atom stereocenters. The molecule has 0 spiro atoms. The average Bonchev–Trinajstić information content (AvgIpc) is 3.85. The van der Waals surface area contributed by atoms with Crippen LogP contribution >= 0.6 is 11.3 Å². The van der Waals surface area contributed by atoms with Crippen molar-refractivity contribution in [3.8, 4) is 5.69 Å². The van der Waals surface area contributed by atoms with Crippen molar-refractivity contribution < 1.29 is 0 Å². The van der Waals surface area contributed by atoms with Gasteiger partial charge in [0, 0.05) is 66.2 Å². The smallest absolute Gasteiger partial charge is 0.235 e. The molecular formula is C44H28N4S. The molecule has 1 aliphatic rings. The lowest BCUT2D eigenvalue weighted by atomic mass is 10.0. The van der Waals surface area contributed by atoms with Crippen molar-refractivity contribution in [2.45, 2.75) is 0 Å². The maximum atomic E-state index is 5.42. The lowest BCUT2D eigenvalue weighted by molar-refractivity contribution is 1.09. The molecule has 0 atom stereocenters. The molecule has 3 aromatic heterocycles. The van der Waals surface area contributed by atoms with Crippen LogP contribution in [-0.4, -0.2) is 20.8 Å². The first-order valence-corrected chi connectivity index (χ1v) is 17.2. The summed E-state index contributed by atoms with van der Waals surface area (Å²) < 4.78 is 7.06. The van der Waals surface area contributed by atoms with E-state index in [1.165, 1.54) is 41.7 Å². The van der Waals surface area contributed by atoms with Crippen LogP contribution in [-0.2, 0) is 0 Å². The van der Waals surface area contributed by atoms with Crippen molar-refractivity contribution in [1.82, 2.24) is 9.13 Å². The summed E-state index contributed by atoms with van der Waals surface area (Å²) in [7, 11) is 0. The van der Waals surface area contributed by atoms with E-state index in [1.54, 1.807) is 0 Å². The number of allylic oxidation sites excluding steroid dienone is 3. The van der Waals surface area contributed by atoms with Crippen molar-refractivity contribution in [3.63, 3.8) is 0 Å². The van der Waals surface area contributed by atoms with Crippen LogP contribution in [0.5, 0.6) is 0 Å². The van der Waals surface area contributed by atoms with Crippen LogP contribution in [0.4, 0.5) is 0 Å². The van der Waals surface area contributed by atoms with Gasteiger partial charge in [-0.25, -0.2) is 9.98 Å². The Morgan fingerprint density at radius 3 is 1.94 bits per heavy atom. The van der Waals surface area contributed by atoms with Crippen LogP contribution in [0.25, 0.3) is 64.1 Å². The molecule has 9 aromatic rings. The lowest BCUT2D eigenvalue weighted by Gasteiger charge is -2.13. The van der Waals surface area contributed by atoms with E-state index in [0.29, 0.717) is 5.96 Å². The van der Waals surface area contributed by atoms with Crippen LogP contribution in [0.15, 0.2) is 180 Å². The highest BCUT2D eigenvalue weighted by Crippen LogP contribution is 2.47. The molecule has 0 saturated heterocycles. The lowest BCUT2D eigenvalue weighted by Crippen LogP contribution is -2.14. The SMILES string of the molecule is C1=C/C(c2ccccc2)=N\C(n2c3ccccc3c3c4cn(-c5ccccc5)cc4c4c5ccccc5sc4c32)=N/C(c2ccccc2)=C/1. The molecule has 0 fully saturated rings. The molecule has 5 heteroatoms. The van der Waals surface area contributed by atoms with Crippen LogP contribution in [0.2, 0.25) is 0 Å². The number of aliphatic imine (C=N–C) groups is 2. The van der Waals surface area contributed by atoms with E-state index >= 15 is 0 Å². The number of benzene rings is 6. The van der Waals surface area contributed by atoms with E-state index < -0.39 is 0 Å². The number of rotatable bonds is 3. The third-order valence-electron chi connectivity index (χ3n) is 9.39. The monoisotopic (exact) mass is 644 g/mol. The summed E-state index contributed by atoms with van der Waals surface area (Å²) in [5, 5.41) is 7.36. The number of thiophene rings is 1. The zero-order valence-electron chi connectivity index (χ0n) is 26.4. The van der Waals surface area contributed by atoms with Gasteiger partial charge in [-0.15, -0.1) is 11.3 Å². The van der Waals surface area contributed by atoms with Gasteiger partial charge in [0.1, 0.15) is 0 Å². The first kappa shape index (κ1) is 27.8.